The Labute approximate surface area is 119 Å². The zero-order chi connectivity index (χ0) is 15.1. The molecule has 0 saturated carbocycles. The van der Waals surface area contributed by atoms with E-state index in [1.54, 1.807) is 13.8 Å². The lowest BCUT2D eigenvalue weighted by molar-refractivity contribution is -0.135. The van der Waals surface area contributed by atoms with Crippen molar-refractivity contribution in [2.24, 2.45) is 0 Å². The van der Waals surface area contributed by atoms with Gasteiger partial charge in [-0.2, -0.15) is 0 Å². The molecule has 0 aliphatic carbocycles. The summed E-state index contributed by atoms with van der Waals surface area (Å²) in [5, 5.41) is 11.2. The molecule has 2 amide bonds. The number of halogens is 1. The molecule has 7 nitrogen and oxygen atoms in total. The number of carbonyl (C=O) groups excluding carboxylic acids is 2. The van der Waals surface area contributed by atoms with Gasteiger partial charge in [0.1, 0.15) is 11.4 Å². The number of amides is 2. The number of piperazine rings is 1. The maximum Gasteiger partial charge on any atom is 0.337 e. The van der Waals surface area contributed by atoms with Crippen LogP contribution in [0.25, 0.3) is 0 Å². The number of hydrogen-bond acceptors (Lipinski definition) is 5. The molecule has 8 heteroatoms. The molecule has 0 radical (unpaired) electrons. The number of aromatic nitrogens is 1. The van der Waals surface area contributed by atoms with Crippen LogP contribution in [0.3, 0.4) is 0 Å². The Hall–Kier alpha value is -2.15. The fraction of sp³-hybridized carbons (Fsp3) is 0.333. The topological polar surface area (TPSA) is 99.6 Å². The molecule has 1 aromatic heterocycles. The Morgan fingerprint density at radius 2 is 2.15 bits per heavy atom. The summed E-state index contributed by atoms with van der Waals surface area (Å²) in [6.07, 6.45) is 1.14. The lowest BCUT2D eigenvalue weighted by Gasteiger charge is -2.41. The number of carboxylic acid groups (broad SMARTS) is 1. The van der Waals surface area contributed by atoms with E-state index < -0.39 is 23.3 Å². The molecular weight excluding hydrogens is 286 g/mol. The molecule has 2 N–H and O–H groups in total. The van der Waals surface area contributed by atoms with Crippen LogP contribution in [0, 0.1) is 0 Å². The van der Waals surface area contributed by atoms with E-state index in [4.69, 9.17) is 16.7 Å². The highest BCUT2D eigenvalue weighted by atomic mass is 35.5. The lowest BCUT2D eigenvalue weighted by atomic mass is 9.98. The van der Waals surface area contributed by atoms with Gasteiger partial charge in [0.05, 0.1) is 17.1 Å². The van der Waals surface area contributed by atoms with Gasteiger partial charge in [0, 0.05) is 6.20 Å². The van der Waals surface area contributed by atoms with Crippen LogP contribution in [0.5, 0.6) is 0 Å². The smallest absolute Gasteiger partial charge is 0.337 e. The number of rotatable bonds is 2. The Bertz CT molecular complexity index is 615. The third kappa shape index (κ3) is 2.32. The van der Waals surface area contributed by atoms with Crippen LogP contribution in [0.2, 0.25) is 5.02 Å². The van der Waals surface area contributed by atoms with E-state index in [0.29, 0.717) is 0 Å². The fourth-order valence-corrected chi connectivity index (χ4v) is 2.14. The van der Waals surface area contributed by atoms with Crippen molar-refractivity contribution in [3.63, 3.8) is 0 Å². The van der Waals surface area contributed by atoms with Crippen molar-refractivity contribution in [2.75, 3.05) is 11.4 Å². The Balaban J connectivity index is 2.46. The highest BCUT2D eigenvalue weighted by Crippen LogP contribution is 2.31. The SMILES string of the molecule is CC1(C)C(=O)NC(=O)CN1c1ncc(C(=O)O)cc1Cl. The number of nitrogens with one attached hydrogen (secondary N) is 1. The van der Waals surface area contributed by atoms with E-state index in [1.807, 2.05) is 0 Å². The second-order valence-electron chi connectivity index (χ2n) is 4.86. The van der Waals surface area contributed by atoms with Gasteiger partial charge in [-0.05, 0) is 19.9 Å². The number of hydrogen-bond donors (Lipinski definition) is 2. The summed E-state index contributed by atoms with van der Waals surface area (Å²) in [4.78, 5) is 39.6. The maximum absolute atomic E-state index is 11.9. The van der Waals surface area contributed by atoms with E-state index in [-0.39, 0.29) is 22.9 Å². The van der Waals surface area contributed by atoms with Crippen LogP contribution in [0.4, 0.5) is 5.82 Å². The first kappa shape index (κ1) is 14.3. The number of nitrogens with zero attached hydrogens (tertiary/aromatic N) is 2. The zero-order valence-corrected chi connectivity index (χ0v) is 11.6. The molecule has 1 aliphatic rings. The second-order valence-corrected chi connectivity index (χ2v) is 5.26. The quantitative estimate of drug-likeness (QED) is 0.779. The molecule has 1 fully saturated rings. The molecule has 106 valence electrons. The molecule has 2 heterocycles. The number of aromatic carboxylic acids is 1. The van der Waals surface area contributed by atoms with E-state index in [0.717, 1.165) is 6.20 Å². The Kier molecular flexibility index (Phi) is 3.39. The predicted octanol–water partition coefficient (Wildman–Crippen LogP) is 0.675. The van der Waals surface area contributed by atoms with Crippen molar-refractivity contribution in [2.45, 2.75) is 19.4 Å². The molecule has 0 bridgehead atoms. The number of pyridine rings is 1. The highest BCUT2D eigenvalue weighted by molar-refractivity contribution is 6.33. The molecule has 1 aromatic rings. The number of anilines is 1. The summed E-state index contributed by atoms with van der Waals surface area (Å²) >= 11 is 6.02. The van der Waals surface area contributed by atoms with Crippen LogP contribution in [-0.4, -0.2) is 40.0 Å². The van der Waals surface area contributed by atoms with E-state index in [1.165, 1.54) is 11.0 Å². The summed E-state index contributed by atoms with van der Waals surface area (Å²) in [6, 6.07) is 1.24. The molecule has 0 spiro atoms. The van der Waals surface area contributed by atoms with Crippen molar-refractivity contribution >= 4 is 35.2 Å². The summed E-state index contributed by atoms with van der Waals surface area (Å²) in [6.45, 7) is 3.16. The second kappa shape index (κ2) is 4.75. The number of carbonyl (C=O) groups is 3. The summed E-state index contributed by atoms with van der Waals surface area (Å²) in [5.41, 5.74) is -1.08. The van der Waals surface area contributed by atoms with Gasteiger partial charge in [-0.3, -0.25) is 14.9 Å². The maximum atomic E-state index is 11.9. The number of imide groups is 1. The van der Waals surface area contributed by atoms with Gasteiger partial charge < -0.3 is 10.0 Å². The van der Waals surface area contributed by atoms with Crippen LogP contribution in [0.15, 0.2) is 12.3 Å². The van der Waals surface area contributed by atoms with Gasteiger partial charge >= 0.3 is 5.97 Å². The Morgan fingerprint density at radius 1 is 1.50 bits per heavy atom. The van der Waals surface area contributed by atoms with Gasteiger partial charge in [-0.1, -0.05) is 11.6 Å². The van der Waals surface area contributed by atoms with Gasteiger partial charge in [-0.25, -0.2) is 9.78 Å². The van der Waals surface area contributed by atoms with Crippen LogP contribution in [0.1, 0.15) is 24.2 Å². The third-order valence-corrected chi connectivity index (χ3v) is 3.39. The first-order valence-electron chi connectivity index (χ1n) is 5.74. The van der Waals surface area contributed by atoms with Gasteiger partial charge in [0.15, 0.2) is 0 Å². The van der Waals surface area contributed by atoms with Crippen LogP contribution >= 0.6 is 11.6 Å². The fourth-order valence-electron chi connectivity index (χ4n) is 1.87. The largest absolute Gasteiger partial charge is 0.478 e. The molecule has 0 unspecified atom stereocenters. The van der Waals surface area contributed by atoms with Crippen molar-refractivity contribution in [1.82, 2.24) is 10.3 Å². The van der Waals surface area contributed by atoms with Crippen LogP contribution in [-0.2, 0) is 9.59 Å². The average molecular weight is 298 g/mol. The van der Waals surface area contributed by atoms with Crippen molar-refractivity contribution < 1.29 is 19.5 Å². The third-order valence-electron chi connectivity index (χ3n) is 3.11. The first-order valence-corrected chi connectivity index (χ1v) is 6.12. The zero-order valence-electron chi connectivity index (χ0n) is 10.8. The molecule has 0 atom stereocenters. The lowest BCUT2D eigenvalue weighted by Crippen LogP contribution is -2.64. The molecular formula is C12H12ClN3O4. The van der Waals surface area contributed by atoms with Crippen molar-refractivity contribution in [1.29, 1.82) is 0 Å². The number of carboxylic acids is 1. The normalized spacial score (nSPS) is 17.9. The molecule has 2 rings (SSSR count). The van der Waals surface area contributed by atoms with Gasteiger partial charge in [0.2, 0.25) is 5.91 Å². The summed E-state index contributed by atoms with van der Waals surface area (Å²) < 4.78 is 0. The molecule has 0 aromatic carbocycles. The standard InChI is InChI=1S/C12H12ClN3O4/c1-12(2)11(20)15-8(17)5-16(12)9-7(13)3-6(4-14-9)10(18)19/h3-4H,5H2,1-2H3,(H,18,19)(H,15,17,20). The van der Waals surface area contributed by atoms with Crippen molar-refractivity contribution in [3.05, 3.63) is 22.8 Å². The van der Waals surface area contributed by atoms with Gasteiger partial charge in [-0.15, -0.1) is 0 Å². The molecule has 1 saturated heterocycles. The Morgan fingerprint density at radius 3 is 2.70 bits per heavy atom. The van der Waals surface area contributed by atoms with E-state index in [9.17, 15) is 14.4 Å². The molecule has 1 aliphatic heterocycles. The first-order chi connectivity index (χ1) is 9.23. The van der Waals surface area contributed by atoms with Gasteiger partial charge in [0.25, 0.3) is 5.91 Å². The van der Waals surface area contributed by atoms with Crippen LogP contribution < -0.4 is 10.2 Å². The summed E-state index contributed by atoms with van der Waals surface area (Å²) in [5.74, 6) is -1.88. The summed E-state index contributed by atoms with van der Waals surface area (Å²) in [7, 11) is 0. The molecule has 20 heavy (non-hydrogen) atoms. The minimum Gasteiger partial charge on any atom is -0.478 e. The monoisotopic (exact) mass is 297 g/mol. The minimum atomic E-state index is -1.15. The highest BCUT2D eigenvalue weighted by Gasteiger charge is 2.42. The van der Waals surface area contributed by atoms with Crippen molar-refractivity contribution in [3.8, 4) is 0 Å². The average Bonchev–Trinajstić information content (AvgIpc) is 2.34. The minimum absolute atomic E-state index is 0.0654. The van der Waals surface area contributed by atoms with E-state index in [2.05, 4.69) is 10.3 Å². The predicted molar refractivity (Wildman–Crippen MR) is 70.8 cm³/mol. The van der Waals surface area contributed by atoms with E-state index >= 15 is 0 Å².